The van der Waals surface area contributed by atoms with E-state index in [1.807, 2.05) is 30.6 Å². The van der Waals surface area contributed by atoms with Gasteiger partial charge in [-0.05, 0) is 42.0 Å². The highest BCUT2D eigenvalue weighted by Crippen LogP contribution is 2.32. The largest absolute Gasteiger partial charge is 0.487 e. The van der Waals surface area contributed by atoms with E-state index in [-0.39, 0.29) is 54.0 Å². The van der Waals surface area contributed by atoms with Gasteiger partial charge in [0.2, 0.25) is 0 Å². The topological polar surface area (TPSA) is 88.2 Å². The minimum Gasteiger partial charge on any atom is -0.487 e. The van der Waals surface area contributed by atoms with Gasteiger partial charge in [0.25, 0.3) is 0 Å². The Hall–Kier alpha value is -2.59. The first-order valence-corrected chi connectivity index (χ1v) is 12.6. The number of piperidine rings is 1. The smallest absolute Gasteiger partial charge is 0.175 e. The van der Waals surface area contributed by atoms with Crippen LogP contribution in [0.15, 0.2) is 66.0 Å². The summed E-state index contributed by atoms with van der Waals surface area (Å²) in [5.74, 6) is -0.577. The fourth-order valence-corrected chi connectivity index (χ4v) is 4.83. The Morgan fingerprint density at radius 1 is 1.03 bits per heavy atom. The number of rotatable bonds is 5. The molecule has 1 saturated heterocycles. The van der Waals surface area contributed by atoms with Crippen molar-refractivity contribution in [3.63, 3.8) is 0 Å². The van der Waals surface area contributed by atoms with Crippen LogP contribution in [0.1, 0.15) is 12.8 Å². The molecular weight excluding hydrogens is 550 g/mol. The monoisotopic (exact) mass is 574 g/mol. The standard InChI is InChI=1S/C24H23FN4O3S.3ClH/c1-33(30,31)19-3-5-24(21(25)13-19)32-18-7-10-29(11-8-18)23-6-9-26-22-4-2-16(12-20(22)23)17-14-27-28-15-17;;;/h2-6,9,12-15,18H,7-8,10-11H2,1H3,(H,27,28);3*1H. The van der Waals surface area contributed by atoms with Gasteiger partial charge in [0, 0.05) is 61.2 Å². The van der Waals surface area contributed by atoms with Gasteiger partial charge in [-0.25, -0.2) is 12.8 Å². The first kappa shape index (κ1) is 29.6. The van der Waals surface area contributed by atoms with E-state index in [1.54, 1.807) is 6.20 Å². The van der Waals surface area contributed by atoms with Crippen LogP contribution < -0.4 is 9.64 Å². The molecule has 0 atom stereocenters. The highest BCUT2D eigenvalue weighted by atomic mass is 35.5. The molecule has 0 saturated carbocycles. The van der Waals surface area contributed by atoms with Gasteiger partial charge in [0.15, 0.2) is 21.4 Å². The Morgan fingerprint density at radius 3 is 2.42 bits per heavy atom. The van der Waals surface area contributed by atoms with Crippen molar-refractivity contribution in [3.05, 3.63) is 66.9 Å². The number of benzene rings is 2. The molecule has 0 spiro atoms. The maximum absolute atomic E-state index is 14.4. The maximum atomic E-state index is 14.4. The number of ether oxygens (including phenoxy) is 1. The summed E-state index contributed by atoms with van der Waals surface area (Å²) in [6.45, 7) is 1.51. The zero-order valence-corrected chi connectivity index (χ0v) is 22.5. The summed E-state index contributed by atoms with van der Waals surface area (Å²) in [4.78, 5) is 6.75. The Balaban J connectivity index is 0.00000152. The van der Waals surface area contributed by atoms with E-state index < -0.39 is 15.7 Å². The number of aromatic nitrogens is 3. The predicted molar refractivity (Wildman–Crippen MR) is 146 cm³/mol. The van der Waals surface area contributed by atoms with Crippen molar-refractivity contribution in [2.75, 3.05) is 24.2 Å². The Bertz CT molecular complexity index is 1410. The lowest BCUT2D eigenvalue weighted by atomic mass is 10.0. The highest BCUT2D eigenvalue weighted by Gasteiger charge is 2.23. The molecule has 7 nitrogen and oxygen atoms in total. The number of nitrogens with one attached hydrogen (secondary N) is 1. The Morgan fingerprint density at radius 2 is 1.78 bits per heavy atom. The first-order valence-electron chi connectivity index (χ1n) is 10.7. The second-order valence-electron chi connectivity index (χ2n) is 8.22. The van der Waals surface area contributed by atoms with Crippen LogP contribution in [0.2, 0.25) is 0 Å². The molecule has 3 heterocycles. The van der Waals surface area contributed by atoms with Gasteiger partial charge in [0.1, 0.15) is 6.10 Å². The van der Waals surface area contributed by atoms with Gasteiger partial charge < -0.3 is 9.64 Å². The molecule has 0 amide bonds. The number of nitrogens with zero attached hydrogens (tertiary/aromatic N) is 3. The van der Waals surface area contributed by atoms with E-state index in [0.29, 0.717) is 0 Å². The molecule has 194 valence electrons. The fraction of sp³-hybridized carbons (Fsp3) is 0.250. The fourth-order valence-electron chi connectivity index (χ4n) is 4.20. The Kier molecular flexibility index (Phi) is 9.96. The van der Waals surface area contributed by atoms with Gasteiger partial charge in [-0.1, -0.05) is 6.07 Å². The van der Waals surface area contributed by atoms with Crippen LogP contribution in [-0.2, 0) is 9.84 Å². The molecule has 1 N–H and O–H groups in total. The third kappa shape index (κ3) is 6.21. The van der Waals surface area contributed by atoms with Gasteiger partial charge in [-0.2, -0.15) is 5.10 Å². The van der Waals surface area contributed by atoms with Crippen LogP contribution in [-0.4, -0.2) is 49.0 Å². The van der Waals surface area contributed by atoms with E-state index in [2.05, 4.69) is 26.1 Å². The van der Waals surface area contributed by atoms with Crippen molar-refractivity contribution in [3.8, 4) is 16.9 Å². The van der Waals surface area contributed by atoms with E-state index in [0.717, 1.165) is 66.0 Å². The van der Waals surface area contributed by atoms with E-state index >= 15 is 0 Å². The van der Waals surface area contributed by atoms with E-state index in [4.69, 9.17) is 4.74 Å². The molecule has 0 aliphatic carbocycles. The van der Waals surface area contributed by atoms with Crippen molar-refractivity contribution in [2.24, 2.45) is 0 Å². The van der Waals surface area contributed by atoms with Gasteiger partial charge in [-0.3, -0.25) is 10.1 Å². The number of fused-ring (bicyclic) bond motifs is 1. The van der Waals surface area contributed by atoms with Gasteiger partial charge in [0.05, 0.1) is 16.6 Å². The van der Waals surface area contributed by atoms with E-state index in [1.165, 1.54) is 12.1 Å². The molecule has 2 aromatic heterocycles. The lowest BCUT2D eigenvalue weighted by molar-refractivity contribution is 0.164. The zero-order chi connectivity index (χ0) is 23.0. The molecule has 1 aliphatic heterocycles. The first-order chi connectivity index (χ1) is 15.9. The van der Waals surface area contributed by atoms with E-state index in [9.17, 15) is 12.8 Å². The van der Waals surface area contributed by atoms with Crippen molar-refractivity contribution in [2.45, 2.75) is 23.8 Å². The van der Waals surface area contributed by atoms with Crippen LogP contribution in [0.5, 0.6) is 5.75 Å². The summed E-state index contributed by atoms with van der Waals surface area (Å²) in [6.07, 6.45) is 7.82. The van der Waals surface area contributed by atoms with Crippen LogP contribution >= 0.6 is 37.2 Å². The molecule has 0 bridgehead atoms. The summed E-state index contributed by atoms with van der Waals surface area (Å²) >= 11 is 0. The third-order valence-electron chi connectivity index (χ3n) is 5.96. The lowest BCUT2D eigenvalue weighted by Gasteiger charge is -2.34. The molecule has 4 aromatic rings. The van der Waals surface area contributed by atoms with Crippen molar-refractivity contribution >= 4 is 63.6 Å². The van der Waals surface area contributed by atoms with Gasteiger partial charge in [-0.15, -0.1) is 37.2 Å². The second-order valence-corrected chi connectivity index (χ2v) is 10.2. The minimum atomic E-state index is -3.46. The van der Waals surface area contributed by atoms with Crippen LogP contribution in [0, 0.1) is 5.82 Å². The number of aromatic amines is 1. The molecule has 12 heteroatoms. The predicted octanol–water partition coefficient (Wildman–Crippen LogP) is 5.48. The number of pyridine rings is 1. The summed E-state index contributed by atoms with van der Waals surface area (Å²) < 4.78 is 43.5. The summed E-state index contributed by atoms with van der Waals surface area (Å²) in [5, 5.41) is 7.95. The molecule has 0 radical (unpaired) electrons. The third-order valence-corrected chi connectivity index (χ3v) is 7.07. The highest BCUT2D eigenvalue weighted by molar-refractivity contribution is 7.90. The summed E-state index contributed by atoms with van der Waals surface area (Å²) in [5.41, 5.74) is 4.11. The number of halogens is 4. The number of H-pyrrole nitrogens is 1. The van der Waals surface area contributed by atoms with Crippen molar-refractivity contribution in [1.29, 1.82) is 0 Å². The average molecular weight is 576 g/mol. The van der Waals surface area contributed by atoms with Crippen LogP contribution in [0.4, 0.5) is 10.1 Å². The number of hydrogen-bond donors (Lipinski definition) is 1. The van der Waals surface area contributed by atoms with Crippen molar-refractivity contribution < 1.29 is 17.5 Å². The molecule has 0 unspecified atom stereocenters. The quantitative estimate of drug-likeness (QED) is 0.339. The molecule has 36 heavy (non-hydrogen) atoms. The molecule has 2 aromatic carbocycles. The molecule has 1 fully saturated rings. The molecule has 1 aliphatic rings. The zero-order valence-electron chi connectivity index (χ0n) is 19.3. The van der Waals surface area contributed by atoms with Crippen molar-refractivity contribution in [1.82, 2.24) is 15.2 Å². The normalized spacial score (nSPS) is 13.9. The number of hydrogen-bond acceptors (Lipinski definition) is 6. The Labute approximate surface area is 227 Å². The average Bonchev–Trinajstić information content (AvgIpc) is 3.35. The number of anilines is 1. The summed E-state index contributed by atoms with van der Waals surface area (Å²) in [6, 6.07) is 12.0. The lowest BCUT2D eigenvalue weighted by Crippen LogP contribution is -2.38. The maximum Gasteiger partial charge on any atom is 0.175 e. The SMILES string of the molecule is CS(=O)(=O)c1ccc(OC2CCN(c3ccnc4ccc(-c5cn[nH]c5)cc34)CC2)c(F)c1.Cl.Cl.Cl. The minimum absolute atomic E-state index is 0. The molecule has 5 rings (SSSR count). The van der Waals surface area contributed by atoms with Crippen LogP contribution in [0.25, 0.3) is 22.0 Å². The molecular formula is C24H26Cl3FN4O3S. The van der Waals surface area contributed by atoms with Crippen LogP contribution in [0.3, 0.4) is 0 Å². The summed E-state index contributed by atoms with van der Waals surface area (Å²) in [7, 11) is -3.46. The number of sulfone groups is 1. The second kappa shape index (κ2) is 12.1. The van der Waals surface area contributed by atoms with Gasteiger partial charge >= 0.3 is 0 Å².